The van der Waals surface area contributed by atoms with E-state index in [0.29, 0.717) is 6.04 Å². The quantitative estimate of drug-likeness (QED) is 0.683. The van der Waals surface area contributed by atoms with E-state index in [2.05, 4.69) is 40.5 Å². The average Bonchev–Trinajstić information content (AvgIpc) is 2.77. The van der Waals surface area contributed by atoms with E-state index in [1.165, 1.54) is 0 Å². The Morgan fingerprint density at radius 3 is 2.53 bits per heavy atom. The molecular weight excluding hydrogens is 374 g/mol. The Hall–Kier alpha value is -3.31. The molecule has 3 N–H and O–H groups in total. The van der Waals surface area contributed by atoms with Gasteiger partial charge in [0.05, 0.1) is 17.8 Å². The Labute approximate surface area is 176 Å². The number of piperidine rings is 1. The molecule has 1 fully saturated rings. The van der Waals surface area contributed by atoms with Crippen molar-refractivity contribution in [2.75, 3.05) is 18.0 Å². The third-order valence-electron chi connectivity index (χ3n) is 5.93. The van der Waals surface area contributed by atoms with Crippen molar-refractivity contribution in [3.63, 3.8) is 0 Å². The molecule has 0 aromatic heterocycles. The number of rotatable bonds is 4. The van der Waals surface area contributed by atoms with Gasteiger partial charge in [0.25, 0.3) is 0 Å². The number of carbonyl (C=O) groups excluding carboxylic acids is 1. The summed E-state index contributed by atoms with van der Waals surface area (Å²) in [6, 6.07) is 22.9. The average molecular weight is 399 g/mol. The highest BCUT2D eigenvalue weighted by Crippen LogP contribution is 2.49. The second-order valence-corrected chi connectivity index (χ2v) is 7.90. The molecule has 30 heavy (non-hydrogen) atoms. The summed E-state index contributed by atoms with van der Waals surface area (Å²) in [4.78, 5) is 14.0. The van der Waals surface area contributed by atoms with Crippen LogP contribution in [0.5, 0.6) is 11.5 Å². The molecule has 0 unspecified atom stereocenters. The normalized spacial score (nSPS) is 15.8. The van der Waals surface area contributed by atoms with Crippen molar-refractivity contribution in [1.82, 2.24) is 5.32 Å². The van der Waals surface area contributed by atoms with Gasteiger partial charge in [-0.1, -0.05) is 42.5 Å². The molecule has 3 aromatic rings. The van der Waals surface area contributed by atoms with E-state index in [1.54, 1.807) is 0 Å². The first kappa shape index (κ1) is 18.7. The van der Waals surface area contributed by atoms with Crippen LogP contribution in [-0.2, 0) is 11.2 Å². The van der Waals surface area contributed by atoms with Crippen molar-refractivity contribution >= 4 is 17.3 Å². The minimum atomic E-state index is -0.331. The van der Waals surface area contributed by atoms with E-state index in [-0.39, 0.29) is 12.3 Å². The lowest BCUT2D eigenvalue weighted by Crippen LogP contribution is -2.41. The molecular formula is C25H25N3O2. The molecule has 0 aliphatic carbocycles. The van der Waals surface area contributed by atoms with Gasteiger partial charge in [-0.2, -0.15) is 0 Å². The number of fused-ring (bicyclic) bond motifs is 2. The molecule has 2 heterocycles. The second kappa shape index (κ2) is 7.84. The molecule has 5 heteroatoms. The second-order valence-electron chi connectivity index (χ2n) is 7.90. The number of nitrogens with one attached hydrogen (secondary N) is 1. The van der Waals surface area contributed by atoms with E-state index in [1.807, 2.05) is 36.4 Å². The van der Waals surface area contributed by atoms with Crippen molar-refractivity contribution in [3.8, 4) is 22.6 Å². The third kappa shape index (κ3) is 3.42. The highest BCUT2D eigenvalue weighted by atomic mass is 16.5. The zero-order valence-corrected chi connectivity index (χ0v) is 16.8. The summed E-state index contributed by atoms with van der Waals surface area (Å²) in [6.45, 7) is 2.05. The lowest BCUT2D eigenvalue weighted by molar-refractivity contribution is -0.117. The van der Waals surface area contributed by atoms with Crippen molar-refractivity contribution in [2.45, 2.75) is 25.3 Å². The van der Waals surface area contributed by atoms with E-state index in [0.717, 1.165) is 65.5 Å². The van der Waals surface area contributed by atoms with Gasteiger partial charge in [-0.3, -0.25) is 4.79 Å². The van der Waals surface area contributed by atoms with Gasteiger partial charge in [-0.15, -0.1) is 0 Å². The fraction of sp³-hybridized carbons (Fsp3) is 0.240. The van der Waals surface area contributed by atoms with Crippen molar-refractivity contribution in [1.29, 1.82) is 0 Å². The van der Waals surface area contributed by atoms with Crippen LogP contribution in [0, 0.1) is 0 Å². The zero-order chi connectivity index (χ0) is 20.5. The number of benzene rings is 3. The number of nitrogens with two attached hydrogens (primary N) is 1. The monoisotopic (exact) mass is 399 g/mol. The summed E-state index contributed by atoms with van der Waals surface area (Å²) >= 11 is 0. The van der Waals surface area contributed by atoms with Crippen LogP contribution < -0.4 is 20.7 Å². The van der Waals surface area contributed by atoms with Gasteiger partial charge in [0.15, 0.2) is 11.5 Å². The number of para-hydroxylation sites is 2. The maximum Gasteiger partial charge on any atom is 0.221 e. The summed E-state index contributed by atoms with van der Waals surface area (Å²) in [5.41, 5.74) is 10.6. The molecule has 0 bridgehead atoms. The zero-order valence-electron chi connectivity index (χ0n) is 16.8. The van der Waals surface area contributed by atoms with Crippen molar-refractivity contribution < 1.29 is 9.53 Å². The van der Waals surface area contributed by atoms with Crippen molar-refractivity contribution in [2.24, 2.45) is 5.73 Å². The molecule has 0 radical (unpaired) electrons. The number of primary amides is 1. The Kier molecular flexibility index (Phi) is 4.89. The molecule has 0 spiro atoms. The highest BCUT2D eigenvalue weighted by molar-refractivity contribution is 5.84. The smallest absolute Gasteiger partial charge is 0.221 e. The lowest BCUT2D eigenvalue weighted by atomic mass is 9.95. The number of anilines is 2. The van der Waals surface area contributed by atoms with Gasteiger partial charge < -0.3 is 20.7 Å². The number of ether oxygens (including phenoxy) is 1. The first-order valence-corrected chi connectivity index (χ1v) is 10.5. The fourth-order valence-corrected chi connectivity index (χ4v) is 4.56. The molecule has 5 rings (SSSR count). The van der Waals surface area contributed by atoms with Gasteiger partial charge in [-0.05, 0) is 66.9 Å². The maximum atomic E-state index is 11.5. The van der Waals surface area contributed by atoms with Gasteiger partial charge in [0, 0.05) is 6.04 Å². The van der Waals surface area contributed by atoms with Crippen LogP contribution in [0.4, 0.5) is 11.4 Å². The van der Waals surface area contributed by atoms with Crippen LogP contribution in [0.2, 0.25) is 0 Å². The predicted octanol–water partition coefficient (Wildman–Crippen LogP) is 4.38. The summed E-state index contributed by atoms with van der Waals surface area (Å²) in [5, 5.41) is 3.46. The fourth-order valence-electron chi connectivity index (χ4n) is 4.56. The Morgan fingerprint density at radius 2 is 1.70 bits per heavy atom. The standard InChI is InChI=1S/C25H25N3O2/c26-25(29)16-17-5-1-2-6-20(17)18-9-10-22-24(15-18)30-23-8-4-3-7-21(23)28(22)19-11-13-27-14-12-19/h1-10,15,19,27H,11-14,16H2,(H2,26,29). The van der Waals surface area contributed by atoms with Crippen LogP contribution in [0.15, 0.2) is 66.7 Å². The molecule has 5 nitrogen and oxygen atoms in total. The van der Waals surface area contributed by atoms with E-state index >= 15 is 0 Å². The first-order valence-electron chi connectivity index (χ1n) is 10.5. The molecule has 1 saturated heterocycles. The number of amides is 1. The third-order valence-corrected chi connectivity index (χ3v) is 5.93. The first-order chi connectivity index (χ1) is 14.7. The number of hydrogen-bond acceptors (Lipinski definition) is 4. The molecule has 0 atom stereocenters. The summed E-state index contributed by atoms with van der Waals surface area (Å²) in [6.07, 6.45) is 2.41. The van der Waals surface area contributed by atoms with Crippen LogP contribution in [0.1, 0.15) is 18.4 Å². The van der Waals surface area contributed by atoms with E-state index < -0.39 is 0 Å². The Balaban J connectivity index is 1.59. The van der Waals surface area contributed by atoms with Gasteiger partial charge in [-0.25, -0.2) is 0 Å². The molecule has 1 amide bonds. The van der Waals surface area contributed by atoms with E-state index in [9.17, 15) is 4.79 Å². The van der Waals surface area contributed by atoms with Crippen LogP contribution in [-0.4, -0.2) is 25.0 Å². The Bertz CT molecular complexity index is 1090. The van der Waals surface area contributed by atoms with Crippen LogP contribution in [0.3, 0.4) is 0 Å². The largest absolute Gasteiger partial charge is 0.453 e. The van der Waals surface area contributed by atoms with Gasteiger partial charge >= 0.3 is 0 Å². The molecule has 2 aliphatic rings. The highest BCUT2D eigenvalue weighted by Gasteiger charge is 2.31. The molecule has 0 saturated carbocycles. The van der Waals surface area contributed by atoms with Crippen LogP contribution in [0.25, 0.3) is 11.1 Å². The number of nitrogens with zero attached hydrogens (tertiary/aromatic N) is 1. The SMILES string of the molecule is NC(=O)Cc1ccccc1-c1ccc2c(c1)Oc1ccccc1N2C1CCNCC1. The van der Waals surface area contributed by atoms with Crippen molar-refractivity contribution in [3.05, 3.63) is 72.3 Å². The molecule has 3 aromatic carbocycles. The number of hydrogen-bond donors (Lipinski definition) is 2. The Morgan fingerprint density at radius 1 is 0.967 bits per heavy atom. The molecule has 2 aliphatic heterocycles. The minimum absolute atomic E-state index is 0.220. The molecule has 152 valence electrons. The lowest BCUT2D eigenvalue weighted by Gasteiger charge is -2.40. The summed E-state index contributed by atoms with van der Waals surface area (Å²) in [7, 11) is 0. The van der Waals surface area contributed by atoms with Crippen LogP contribution >= 0.6 is 0 Å². The summed E-state index contributed by atoms with van der Waals surface area (Å²) < 4.78 is 6.33. The maximum absolute atomic E-state index is 11.5. The van der Waals surface area contributed by atoms with Gasteiger partial charge in [0.1, 0.15) is 0 Å². The van der Waals surface area contributed by atoms with E-state index in [4.69, 9.17) is 10.5 Å². The summed E-state index contributed by atoms with van der Waals surface area (Å²) in [5.74, 6) is 1.40. The minimum Gasteiger partial charge on any atom is -0.453 e. The topological polar surface area (TPSA) is 67.6 Å². The number of carbonyl (C=O) groups is 1. The van der Waals surface area contributed by atoms with Gasteiger partial charge in [0.2, 0.25) is 5.91 Å². The predicted molar refractivity (Wildman–Crippen MR) is 119 cm³/mol.